The number of aromatic nitrogens is 2. The number of likely N-dealkylation sites (tertiary alicyclic amines) is 1. The van der Waals surface area contributed by atoms with Gasteiger partial charge in [-0.15, -0.1) is 10.2 Å². The Hall–Kier alpha value is -2.38. The molecular formula is C15H22N4O4. The summed E-state index contributed by atoms with van der Waals surface area (Å²) in [5, 5.41) is 19.6. The van der Waals surface area contributed by atoms with Crippen LogP contribution in [0.4, 0.5) is 10.6 Å². The predicted molar refractivity (Wildman–Crippen MR) is 83.3 cm³/mol. The largest absolute Gasteiger partial charge is 0.481 e. The third-order valence-corrected chi connectivity index (χ3v) is 3.53. The van der Waals surface area contributed by atoms with Crippen molar-refractivity contribution < 1.29 is 19.4 Å². The average molecular weight is 322 g/mol. The molecule has 0 aliphatic carbocycles. The van der Waals surface area contributed by atoms with E-state index < -0.39 is 11.9 Å². The van der Waals surface area contributed by atoms with Gasteiger partial charge < -0.3 is 14.7 Å². The van der Waals surface area contributed by atoms with Gasteiger partial charge in [-0.1, -0.05) is 6.92 Å². The molecule has 8 nitrogen and oxygen atoms in total. The highest BCUT2D eigenvalue weighted by Gasteiger charge is 2.32. The summed E-state index contributed by atoms with van der Waals surface area (Å²) < 4.78 is 5.38. The van der Waals surface area contributed by atoms with Gasteiger partial charge in [0.1, 0.15) is 0 Å². The number of nitrogens with one attached hydrogen (secondary N) is 1. The van der Waals surface area contributed by atoms with E-state index in [-0.39, 0.29) is 24.6 Å². The van der Waals surface area contributed by atoms with Gasteiger partial charge in [0.2, 0.25) is 5.88 Å². The Kier molecular flexibility index (Phi) is 5.36. The summed E-state index contributed by atoms with van der Waals surface area (Å²) in [4.78, 5) is 24.9. The van der Waals surface area contributed by atoms with Crippen LogP contribution in [-0.4, -0.2) is 51.4 Å². The van der Waals surface area contributed by atoms with Crippen molar-refractivity contribution in [3.05, 3.63) is 12.1 Å². The number of anilines is 1. The number of hydrogen-bond acceptors (Lipinski definition) is 5. The molecule has 0 spiro atoms. The Bertz CT molecular complexity index is 561. The van der Waals surface area contributed by atoms with Gasteiger partial charge >= 0.3 is 12.0 Å². The molecule has 1 fully saturated rings. The minimum absolute atomic E-state index is 0.00692. The van der Waals surface area contributed by atoms with Gasteiger partial charge in [-0.2, -0.15) is 0 Å². The van der Waals surface area contributed by atoms with Gasteiger partial charge in [-0.3, -0.25) is 10.1 Å². The molecule has 2 rings (SSSR count). The van der Waals surface area contributed by atoms with E-state index in [9.17, 15) is 9.59 Å². The van der Waals surface area contributed by atoms with Crippen LogP contribution in [0.2, 0.25) is 0 Å². The van der Waals surface area contributed by atoms with Crippen molar-refractivity contribution in [1.29, 1.82) is 0 Å². The Balaban J connectivity index is 1.96. The average Bonchev–Trinajstić information content (AvgIpc) is 2.48. The number of nitrogens with zero attached hydrogens (tertiary/aromatic N) is 3. The molecule has 126 valence electrons. The highest BCUT2D eigenvalue weighted by atomic mass is 16.5. The van der Waals surface area contributed by atoms with Crippen LogP contribution in [0.5, 0.6) is 5.88 Å². The number of amides is 2. The zero-order valence-electron chi connectivity index (χ0n) is 13.5. The normalized spacial score (nSPS) is 21.1. The van der Waals surface area contributed by atoms with Crippen molar-refractivity contribution in [3.63, 3.8) is 0 Å². The lowest BCUT2D eigenvalue weighted by Crippen LogP contribution is -2.47. The number of aliphatic carboxylic acids is 1. The number of carbonyl (C=O) groups is 2. The predicted octanol–water partition coefficient (Wildman–Crippen LogP) is 1.84. The molecule has 0 aromatic carbocycles. The fourth-order valence-corrected chi connectivity index (χ4v) is 2.58. The smallest absolute Gasteiger partial charge is 0.323 e. The number of carboxylic acids is 1. The van der Waals surface area contributed by atoms with Gasteiger partial charge in [0.15, 0.2) is 5.82 Å². The number of carboxylic acid groups (broad SMARTS) is 1. The third kappa shape index (κ3) is 4.80. The number of carbonyl (C=O) groups excluding carboxylic acids is 1. The molecule has 0 radical (unpaired) electrons. The van der Waals surface area contributed by atoms with Gasteiger partial charge in [0.25, 0.3) is 0 Å². The summed E-state index contributed by atoms with van der Waals surface area (Å²) in [6.45, 7) is 6.43. The lowest BCUT2D eigenvalue weighted by atomic mass is 9.91. The zero-order valence-corrected chi connectivity index (χ0v) is 13.5. The molecule has 2 unspecified atom stereocenters. The first-order valence-corrected chi connectivity index (χ1v) is 7.64. The minimum Gasteiger partial charge on any atom is -0.481 e. The van der Waals surface area contributed by atoms with Crippen LogP contribution in [0.15, 0.2) is 12.1 Å². The second kappa shape index (κ2) is 7.26. The van der Waals surface area contributed by atoms with Crippen molar-refractivity contribution in [2.75, 3.05) is 18.4 Å². The summed E-state index contributed by atoms with van der Waals surface area (Å²) in [5.74, 6) is -0.572. The number of ether oxygens (including phenoxy) is 1. The second-order valence-electron chi connectivity index (χ2n) is 6.13. The van der Waals surface area contributed by atoms with E-state index in [0.717, 1.165) is 0 Å². The fraction of sp³-hybridized carbons (Fsp3) is 0.600. The molecule has 2 amide bonds. The van der Waals surface area contributed by atoms with Crippen LogP contribution in [-0.2, 0) is 4.79 Å². The summed E-state index contributed by atoms with van der Waals surface area (Å²) in [5.41, 5.74) is 0. The maximum absolute atomic E-state index is 12.3. The molecule has 0 saturated carbocycles. The number of hydrogen-bond donors (Lipinski definition) is 2. The van der Waals surface area contributed by atoms with Gasteiger partial charge in [-0.25, -0.2) is 4.79 Å². The van der Waals surface area contributed by atoms with E-state index in [1.54, 1.807) is 12.1 Å². The van der Waals surface area contributed by atoms with Crippen molar-refractivity contribution in [2.24, 2.45) is 11.8 Å². The molecule has 1 aliphatic rings. The van der Waals surface area contributed by atoms with Crippen molar-refractivity contribution in [3.8, 4) is 5.88 Å². The zero-order chi connectivity index (χ0) is 17.0. The molecular weight excluding hydrogens is 300 g/mol. The highest BCUT2D eigenvalue weighted by molar-refractivity contribution is 5.88. The van der Waals surface area contributed by atoms with Crippen molar-refractivity contribution >= 4 is 17.8 Å². The molecule has 1 aliphatic heterocycles. The topological polar surface area (TPSA) is 105 Å². The molecule has 2 atom stereocenters. The van der Waals surface area contributed by atoms with Crippen molar-refractivity contribution in [1.82, 2.24) is 15.1 Å². The fourth-order valence-electron chi connectivity index (χ4n) is 2.58. The minimum atomic E-state index is -0.871. The second-order valence-corrected chi connectivity index (χ2v) is 6.13. The summed E-state index contributed by atoms with van der Waals surface area (Å²) in [7, 11) is 0. The standard InChI is InChI=1S/C15H22N4O4/c1-9(2)23-13-5-4-12(17-18-13)16-15(22)19-7-10(3)6-11(8-19)14(20)21/h4-5,9-11H,6-8H2,1-3H3,(H,20,21)(H,16,17,22). The quantitative estimate of drug-likeness (QED) is 0.876. The molecule has 1 saturated heterocycles. The maximum Gasteiger partial charge on any atom is 0.323 e. The lowest BCUT2D eigenvalue weighted by Gasteiger charge is -2.34. The highest BCUT2D eigenvalue weighted by Crippen LogP contribution is 2.22. The monoisotopic (exact) mass is 322 g/mol. The summed E-state index contributed by atoms with van der Waals surface area (Å²) in [6.07, 6.45) is 0.577. The molecule has 2 N–H and O–H groups in total. The Morgan fingerprint density at radius 3 is 2.65 bits per heavy atom. The molecule has 8 heteroatoms. The van der Waals surface area contributed by atoms with Crippen LogP contribution in [0.3, 0.4) is 0 Å². The first-order valence-electron chi connectivity index (χ1n) is 7.64. The van der Waals surface area contributed by atoms with Gasteiger partial charge in [0, 0.05) is 19.2 Å². The summed E-state index contributed by atoms with van der Waals surface area (Å²) >= 11 is 0. The Labute approximate surface area is 134 Å². The first-order chi connectivity index (χ1) is 10.8. The third-order valence-electron chi connectivity index (χ3n) is 3.53. The molecule has 2 heterocycles. The first kappa shape index (κ1) is 17.0. The van der Waals surface area contributed by atoms with E-state index in [0.29, 0.717) is 24.7 Å². The molecule has 1 aromatic rings. The van der Waals surface area contributed by atoms with Crippen LogP contribution < -0.4 is 10.1 Å². The molecule has 1 aromatic heterocycles. The molecule has 23 heavy (non-hydrogen) atoms. The van der Waals surface area contributed by atoms with Gasteiger partial charge in [-0.05, 0) is 32.3 Å². The van der Waals surface area contributed by atoms with Gasteiger partial charge in [0.05, 0.1) is 12.0 Å². The number of piperidine rings is 1. The maximum atomic E-state index is 12.3. The number of rotatable bonds is 4. The van der Waals surface area contributed by atoms with E-state index >= 15 is 0 Å². The Morgan fingerprint density at radius 2 is 2.09 bits per heavy atom. The van der Waals surface area contributed by atoms with E-state index in [1.165, 1.54) is 4.90 Å². The van der Waals surface area contributed by atoms with E-state index in [2.05, 4.69) is 15.5 Å². The van der Waals surface area contributed by atoms with Crippen LogP contribution in [0.1, 0.15) is 27.2 Å². The van der Waals surface area contributed by atoms with Crippen LogP contribution in [0.25, 0.3) is 0 Å². The number of urea groups is 1. The van der Waals surface area contributed by atoms with Crippen LogP contribution in [0, 0.1) is 11.8 Å². The van der Waals surface area contributed by atoms with E-state index in [1.807, 2.05) is 20.8 Å². The SMILES string of the molecule is CC1CC(C(=O)O)CN(C(=O)Nc2ccc(OC(C)C)nn2)C1. The Morgan fingerprint density at radius 1 is 1.35 bits per heavy atom. The van der Waals surface area contributed by atoms with E-state index in [4.69, 9.17) is 9.84 Å². The van der Waals surface area contributed by atoms with Crippen molar-refractivity contribution in [2.45, 2.75) is 33.3 Å². The lowest BCUT2D eigenvalue weighted by molar-refractivity contribution is -0.143. The van der Waals surface area contributed by atoms with Crippen LogP contribution >= 0.6 is 0 Å². The molecule has 0 bridgehead atoms. The summed E-state index contributed by atoms with van der Waals surface area (Å²) in [6, 6.07) is 2.86.